The molecule has 114 valence electrons. The van der Waals surface area contributed by atoms with E-state index in [2.05, 4.69) is 36.6 Å². The first-order valence-electron chi connectivity index (χ1n) is 8.26. The van der Waals surface area contributed by atoms with E-state index >= 15 is 0 Å². The molecule has 1 fully saturated rings. The summed E-state index contributed by atoms with van der Waals surface area (Å²) < 4.78 is 2.24. The van der Waals surface area contributed by atoms with E-state index in [0.29, 0.717) is 6.42 Å². The van der Waals surface area contributed by atoms with Crippen LogP contribution < -0.4 is 0 Å². The molecule has 0 saturated heterocycles. The molecule has 3 rings (SSSR count). The third kappa shape index (κ3) is 2.71. The van der Waals surface area contributed by atoms with Gasteiger partial charge in [-0.1, -0.05) is 38.3 Å². The number of nitrogens with zero attached hydrogens (tertiary/aromatic N) is 2. The van der Waals surface area contributed by atoms with E-state index in [1.807, 2.05) is 6.07 Å². The van der Waals surface area contributed by atoms with Crippen LogP contribution in [0.25, 0.3) is 11.0 Å². The normalized spacial score (nSPS) is 19.8. The summed E-state index contributed by atoms with van der Waals surface area (Å²) in [5, 5.41) is 10.8. The second kappa shape index (κ2) is 5.80. The Balaban J connectivity index is 1.87. The van der Waals surface area contributed by atoms with E-state index in [1.54, 1.807) is 0 Å². The zero-order chi connectivity index (χ0) is 14.9. The van der Waals surface area contributed by atoms with E-state index in [4.69, 9.17) is 4.98 Å². The van der Waals surface area contributed by atoms with Crippen LogP contribution in [0, 0.1) is 5.41 Å². The molecule has 1 aromatic heterocycles. The quantitative estimate of drug-likeness (QED) is 0.924. The second-order valence-electron chi connectivity index (χ2n) is 6.70. The van der Waals surface area contributed by atoms with E-state index in [9.17, 15) is 5.11 Å². The standard InChI is InChI=1S/C18H26N2O/c1-3-20-15-10-6-5-9-14(15)19-17(20)13-16(21)18(2)11-7-4-8-12-18/h5-6,9-10,16,21H,3-4,7-8,11-13H2,1-2H3. The van der Waals surface area contributed by atoms with Crippen LogP contribution in [-0.4, -0.2) is 20.8 Å². The van der Waals surface area contributed by atoms with Crippen molar-refractivity contribution in [1.29, 1.82) is 0 Å². The maximum absolute atomic E-state index is 10.8. The van der Waals surface area contributed by atoms with Crippen LogP contribution in [0.3, 0.4) is 0 Å². The van der Waals surface area contributed by atoms with Crippen molar-refractivity contribution < 1.29 is 5.11 Å². The molecule has 1 N–H and O–H groups in total. The number of rotatable bonds is 4. The van der Waals surface area contributed by atoms with E-state index in [-0.39, 0.29) is 11.5 Å². The van der Waals surface area contributed by atoms with Crippen LogP contribution in [0.4, 0.5) is 0 Å². The predicted molar refractivity (Wildman–Crippen MR) is 86.3 cm³/mol. The minimum Gasteiger partial charge on any atom is -0.392 e. The van der Waals surface area contributed by atoms with Crippen LogP contribution in [0.5, 0.6) is 0 Å². The maximum atomic E-state index is 10.8. The first-order chi connectivity index (χ1) is 10.1. The van der Waals surface area contributed by atoms with Crippen molar-refractivity contribution in [1.82, 2.24) is 9.55 Å². The van der Waals surface area contributed by atoms with Gasteiger partial charge in [-0.3, -0.25) is 0 Å². The zero-order valence-electron chi connectivity index (χ0n) is 13.2. The number of benzene rings is 1. The number of aliphatic hydroxyl groups is 1. The topological polar surface area (TPSA) is 38.0 Å². The molecule has 0 aliphatic heterocycles. The molecule has 1 saturated carbocycles. The number of imidazole rings is 1. The van der Waals surface area contributed by atoms with E-state index in [1.165, 1.54) is 24.8 Å². The molecule has 3 heteroatoms. The molecule has 1 aliphatic carbocycles. The largest absolute Gasteiger partial charge is 0.392 e. The molecule has 0 bridgehead atoms. The summed E-state index contributed by atoms with van der Waals surface area (Å²) in [5.41, 5.74) is 2.28. The van der Waals surface area contributed by atoms with Crippen molar-refractivity contribution in [3.05, 3.63) is 30.1 Å². The van der Waals surface area contributed by atoms with Crippen LogP contribution in [0.2, 0.25) is 0 Å². The van der Waals surface area contributed by atoms with Gasteiger partial charge in [-0.15, -0.1) is 0 Å². The van der Waals surface area contributed by atoms with Crippen LogP contribution in [0.1, 0.15) is 51.8 Å². The smallest absolute Gasteiger partial charge is 0.112 e. The highest BCUT2D eigenvalue weighted by Gasteiger charge is 2.35. The minimum absolute atomic E-state index is 0.0644. The molecule has 0 amide bonds. The molecule has 1 unspecified atom stereocenters. The van der Waals surface area contributed by atoms with Crippen LogP contribution in [-0.2, 0) is 13.0 Å². The summed E-state index contributed by atoms with van der Waals surface area (Å²) >= 11 is 0. The average Bonchev–Trinajstić information content (AvgIpc) is 2.85. The SMILES string of the molecule is CCn1c(CC(O)C2(C)CCCCC2)nc2ccccc21. The van der Waals surface area contributed by atoms with Gasteiger partial charge in [0.25, 0.3) is 0 Å². The third-order valence-corrected chi connectivity index (χ3v) is 5.23. The van der Waals surface area contributed by atoms with E-state index < -0.39 is 0 Å². The van der Waals surface area contributed by atoms with Gasteiger partial charge < -0.3 is 9.67 Å². The fraction of sp³-hybridized carbons (Fsp3) is 0.611. The third-order valence-electron chi connectivity index (χ3n) is 5.23. The lowest BCUT2D eigenvalue weighted by Gasteiger charge is -2.37. The van der Waals surface area contributed by atoms with Gasteiger partial charge in [-0.2, -0.15) is 0 Å². The van der Waals surface area contributed by atoms with Gasteiger partial charge in [0.2, 0.25) is 0 Å². The first-order valence-corrected chi connectivity index (χ1v) is 8.26. The van der Waals surface area contributed by atoms with Gasteiger partial charge in [-0.25, -0.2) is 4.98 Å². The van der Waals surface area contributed by atoms with Crippen molar-refractivity contribution in [3.63, 3.8) is 0 Å². The van der Waals surface area contributed by atoms with Gasteiger partial charge >= 0.3 is 0 Å². The zero-order valence-corrected chi connectivity index (χ0v) is 13.2. The Morgan fingerprint density at radius 1 is 1.24 bits per heavy atom. The summed E-state index contributed by atoms with van der Waals surface area (Å²) in [6.07, 6.45) is 6.46. The molecular weight excluding hydrogens is 260 g/mol. The lowest BCUT2D eigenvalue weighted by molar-refractivity contribution is 0.00870. The van der Waals surface area contributed by atoms with Gasteiger partial charge in [0.1, 0.15) is 5.82 Å². The molecule has 1 heterocycles. The second-order valence-corrected chi connectivity index (χ2v) is 6.70. The summed E-state index contributed by atoms with van der Waals surface area (Å²) in [6, 6.07) is 8.25. The molecule has 21 heavy (non-hydrogen) atoms. The number of hydrogen-bond donors (Lipinski definition) is 1. The van der Waals surface area contributed by atoms with Crippen molar-refractivity contribution in [2.45, 2.75) is 65.0 Å². The number of fused-ring (bicyclic) bond motifs is 1. The Bertz CT molecular complexity index is 611. The van der Waals surface area contributed by atoms with Gasteiger partial charge in [-0.05, 0) is 37.3 Å². The number of aryl methyl sites for hydroxylation is 1. The Morgan fingerprint density at radius 3 is 2.67 bits per heavy atom. The monoisotopic (exact) mass is 286 g/mol. The molecule has 1 atom stereocenters. The van der Waals surface area contributed by atoms with E-state index in [0.717, 1.165) is 30.7 Å². The molecule has 2 aromatic rings. The molecule has 1 aliphatic rings. The van der Waals surface area contributed by atoms with Crippen molar-refractivity contribution in [3.8, 4) is 0 Å². The Kier molecular flexibility index (Phi) is 4.03. The highest BCUT2D eigenvalue weighted by Crippen LogP contribution is 2.39. The van der Waals surface area contributed by atoms with Crippen molar-refractivity contribution in [2.75, 3.05) is 0 Å². The molecule has 1 aromatic carbocycles. The van der Waals surface area contributed by atoms with Gasteiger partial charge in [0.05, 0.1) is 17.1 Å². The fourth-order valence-electron chi connectivity index (χ4n) is 3.75. The average molecular weight is 286 g/mol. The predicted octanol–water partition coefficient (Wildman–Crippen LogP) is 3.93. The summed E-state index contributed by atoms with van der Waals surface area (Å²) in [4.78, 5) is 4.75. The maximum Gasteiger partial charge on any atom is 0.112 e. The Labute approximate surface area is 127 Å². The number of aliphatic hydroxyl groups excluding tert-OH is 1. The van der Waals surface area contributed by atoms with Gasteiger partial charge in [0, 0.05) is 13.0 Å². The number of aromatic nitrogens is 2. The Morgan fingerprint density at radius 2 is 1.95 bits per heavy atom. The number of para-hydroxylation sites is 2. The molecule has 3 nitrogen and oxygen atoms in total. The minimum atomic E-state index is -0.292. The summed E-state index contributed by atoms with van der Waals surface area (Å²) in [6.45, 7) is 5.29. The van der Waals surface area contributed by atoms with Gasteiger partial charge in [0.15, 0.2) is 0 Å². The molecule has 0 radical (unpaired) electrons. The molecule has 0 spiro atoms. The lowest BCUT2D eigenvalue weighted by Crippen LogP contribution is -2.36. The first kappa shape index (κ1) is 14.6. The van der Waals surface area contributed by atoms with Crippen molar-refractivity contribution >= 4 is 11.0 Å². The highest BCUT2D eigenvalue weighted by atomic mass is 16.3. The molecular formula is C18H26N2O. The number of hydrogen-bond acceptors (Lipinski definition) is 2. The van der Waals surface area contributed by atoms with Crippen LogP contribution in [0.15, 0.2) is 24.3 Å². The fourth-order valence-corrected chi connectivity index (χ4v) is 3.75. The van der Waals surface area contributed by atoms with Crippen LogP contribution >= 0.6 is 0 Å². The summed E-state index contributed by atoms with van der Waals surface area (Å²) in [5.74, 6) is 1.03. The highest BCUT2D eigenvalue weighted by molar-refractivity contribution is 5.75. The lowest BCUT2D eigenvalue weighted by atomic mass is 9.71. The summed E-state index contributed by atoms with van der Waals surface area (Å²) in [7, 11) is 0. The Hall–Kier alpha value is -1.35. The van der Waals surface area contributed by atoms with Crippen molar-refractivity contribution in [2.24, 2.45) is 5.41 Å².